The van der Waals surface area contributed by atoms with Crippen LogP contribution in [0.25, 0.3) is 0 Å². The van der Waals surface area contributed by atoms with E-state index < -0.39 is 22.0 Å². The summed E-state index contributed by atoms with van der Waals surface area (Å²) in [6, 6.07) is 0. The summed E-state index contributed by atoms with van der Waals surface area (Å²) in [6.07, 6.45) is 3.04. The number of nitrogens with zero attached hydrogens (tertiary/aromatic N) is 3. The molecule has 2 aliphatic rings. The standard InChI is InChI=1S/C15H24N4O4S/c1-18(2)24(22,23)9-10-7-19(8-13(10)20)15(21)14-11-5-3-4-6-12(11)16-17-14/h10,13,20H,3-9H2,1-2H3,(H,16,17)/t10-,13+/m0/s1. The lowest BCUT2D eigenvalue weighted by Crippen LogP contribution is -2.34. The minimum atomic E-state index is -3.42. The van der Waals surface area contributed by atoms with Crippen molar-refractivity contribution in [1.29, 1.82) is 0 Å². The predicted octanol–water partition coefficient (Wildman–Crippen LogP) is -0.387. The Labute approximate surface area is 141 Å². The molecular weight excluding hydrogens is 332 g/mol. The van der Waals surface area contributed by atoms with Crippen LogP contribution in [0, 0.1) is 5.92 Å². The number of β-amino-alcohol motifs (C(OH)–C–C–N with tert-alkyl or cyclic N) is 1. The monoisotopic (exact) mass is 356 g/mol. The highest BCUT2D eigenvalue weighted by atomic mass is 32.2. The van der Waals surface area contributed by atoms with Gasteiger partial charge in [0.2, 0.25) is 10.0 Å². The van der Waals surface area contributed by atoms with E-state index in [0.717, 1.165) is 41.2 Å². The first kappa shape index (κ1) is 17.4. The lowest BCUT2D eigenvalue weighted by atomic mass is 9.95. The van der Waals surface area contributed by atoms with Crippen LogP contribution in [0.3, 0.4) is 0 Å². The molecule has 2 atom stereocenters. The highest BCUT2D eigenvalue weighted by Crippen LogP contribution is 2.26. The Morgan fingerprint density at radius 1 is 1.33 bits per heavy atom. The number of aromatic amines is 1. The molecule has 0 aromatic carbocycles. The van der Waals surface area contributed by atoms with Crippen LogP contribution in [0.5, 0.6) is 0 Å². The Kier molecular flexibility index (Phi) is 4.67. The molecule has 1 aromatic rings. The van der Waals surface area contributed by atoms with E-state index >= 15 is 0 Å². The molecule has 0 spiro atoms. The molecular formula is C15H24N4O4S. The summed E-state index contributed by atoms with van der Waals surface area (Å²) in [6.45, 7) is 0.378. The van der Waals surface area contributed by atoms with Gasteiger partial charge in [-0.3, -0.25) is 9.89 Å². The van der Waals surface area contributed by atoms with Crippen molar-refractivity contribution in [3.05, 3.63) is 17.0 Å². The third-order valence-electron chi connectivity index (χ3n) is 4.93. The van der Waals surface area contributed by atoms with Gasteiger partial charge >= 0.3 is 0 Å². The Hall–Kier alpha value is -1.45. The van der Waals surface area contributed by atoms with Gasteiger partial charge in [-0.2, -0.15) is 5.10 Å². The fraction of sp³-hybridized carbons (Fsp3) is 0.733. The van der Waals surface area contributed by atoms with E-state index in [-0.39, 0.29) is 24.7 Å². The number of hydrogen-bond donors (Lipinski definition) is 2. The molecule has 1 aliphatic carbocycles. The number of sulfonamides is 1. The van der Waals surface area contributed by atoms with Crippen LogP contribution >= 0.6 is 0 Å². The van der Waals surface area contributed by atoms with Gasteiger partial charge < -0.3 is 10.0 Å². The van der Waals surface area contributed by atoms with Crippen molar-refractivity contribution >= 4 is 15.9 Å². The zero-order valence-electron chi connectivity index (χ0n) is 14.0. The van der Waals surface area contributed by atoms with Gasteiger partial charge in [0.1, 0.15) is 0 Å². The van der Waals surface area contributed by atoms with Crippen molar-refractivity contribution in [3.63, 3.8) is 0 Å². The largest absolute Gasteiger partial charge is 0.391 e. The Morgan fingerprint density at radius 2 is 2.04 bits per heavy atom. The SMILES string of the molecule is CN(C)S(=O)(=O)C[C@@H]1CN(C(=O)c2n[nH]c3c2CCCC3)C[C@H]1O. The van der Waals surface area contributed by atoms with Crippen molar-refractivity contribution in [2.75, 3.05) is 32.9 Å². The summed E-state index contributed by atoms with van der Waals surface area (Å²) in [5.74, 6) is -0.863. The molecule has 3 rings (SSSR count). The number of carbonyl (C=O) groups is 1. The van der Waals surface area contributed by atoms with E-state index in [1.165, 1.54) is 19.0 Å². The van der Waals surface area contributed by atoms with Crippen LogP contribution in [-0.2, 0) is 22.9 Å². The number of rotatable bonds is 4. The lowest BCUT2D eigenvalue weighted by molar-refractivity contribution is 0.0757. The van der Waals surface area contributed by atoms with Crippen LogP contribution in [0.2, 0.25) is 0 Å². The number of amides is 1. The molecule has 1 aliphatic heterocycles. The molecule has 1 amide bonds. The van der Waals surface area contributed by atoms with Crippen molar-refractivity contribution < 1.29 is 18.3 Å². The number of carbonyl (C=O) groups excluding carboxylic acids is 1. The van der Waals surface area contributed by atoms with E-state index in [1.807, 2.05) is 0 Å². The van der Waals surface area contributed by atoms with Crippen LogP contribution in [0.1, 0.15) is 34.6 Å². The number of likely N-dealkylation sites (tertiary alicyclic amines) is 1. The van der Waals surface area contributed by atoms with Gasteiger partial charge in [-0.15, -0.1) is 0 Å². The minimum absolute atomic E-state index is 0.147. The lowest BCUT2D eigenvalue weighted by Gasteiger charge is -2.18. The van der Waals surface area contributed by atoms with Gasteiger partial charge in [-0.1, -0.05) is 0 Å². The maximum atomic E-state index is 12.7. The topological polar surface area (TPSA) is 107 Å². The van der Waals surface area contributed by atoms with Gasteiger partial charge in [-0.05, 0) is 25.7 Å². The maximum absolute atomic E-state index is 12.7. The highest BCUT2D eigenvalue weighted by molar-refractivity contribution is 7.89. The zero-order valence-corrected chi connectivity index (χ0v) is 14.8. The molecule has 24 heavy (non-hydrogen) atoms. The van der Waals surface area contributed by atoms with Crippen LogP contribution in [-0.4, -0.2) is 77.9 Å². The van der Waals surface area contributed by atoms with Crippen LogP contribution in [0.4, 0.5) is 0 Å². The molecule has 2 heterocycles. The summed E-state index contributed by atoms with van der Waals surface area (Å²) < 4.78 is 25.2. The molecule has 0 bridgehead atoms. The number of aliphatic hydroxyl groups is 1. The Balaban J connectivity index is 1.73. The smallest absolute Gasteiger partial charge is 0.274 e. The van der Waals surface area contributed by atoms with E-state index in [9.17, 15) is 18.3 Å². The molecule has 0 saturated carbocycles. The second kappa shape index (κ2) is 6.45. The number of H-pyrrole nitrogens is 1. The molecule has 9 heteroatoms. The normalized spacial score (nSPS) is 24.4. The molecule has 1 aromatic heterocycles. The van der Waals surface area contributed by atoms with Gasteiger partial charge in [0, 0.05) is 44.4 Å². The molecule has 2 N–H and O–H groups in total. The fourth-order valence-electron chi connectivity index (χ4n) is 3.41. The summed E-state index contributed by atoms with van der Waals surface area (Å²) in [7, 11) is -0.483. The first-order chi connectivity index (χ1) is 11.3. The van der Waals surface area contributed by atoms with E-state index in [4.69, 9.17) is 0 Å². The summed E-state index contributed by atoms with van der Waals surface area (Å²) >= 11 is 0. The number of nitrogens with one attached hydrogen (secondary N) is 1. The molecule has 1 saturated heterocycles. The van der Waals surface area contributed by atoms with Gasteiger partial charge in [0.05, 0.1) is 11.9 Å². The Morgan fingerprint density at radius 3 is 2.75 bits per heavy atom. The summed E-state index contributed by atoms with van der Waals surface area (Å²) in [5.41, 5.74) is 2.43. The number of aryl methyl sites for hydroxylation is 1. The molecule has 0 unspecified atom stereocenters. The van der Waals surface area contributed by atoms with E-state index in [1.54, 1.807) is 0 Å². The van der Waals surface area contributed by atoms with Crippen molar-refractivity contribution in [3.8, 4) is 0 Å². The number of fused-ring (bicyclic) bond motifs is 1. The first-order valence-electron chi connectivity index (χ1n) is 8.23. The van der Waals surface area contributed by atoms with E-state index in [2.05, 4.69) is 10.2 Å². The van der Waals surface area contributed by atoms with Gasteiger partial charge in [-0.25, -0.2) is 12.7 Å². The number of hydrogen-bond acceptors (Lipinski definition) is 5. The maximum Gasteiger partial charge on any atom is 0.274 e. The molecule has 0 radical (unpaired) electrons. The van der Waals surface area contributed by atoms with Gasteiger partial charge in [0.25, 0.3) is 5.91 Å². The fourth-order valence-corrected chi connectivity index (χ4v) is 4.58. The van der Waals surface area contributed by atoms with Crippen molar-refractivity contribution in [2.24, 2.45) is 5.92 Å². The number of aromatic nitrogens is 2. The third-order valence-corrected chi connectivity index (χ3v) is 6.90. The highest BCUT2D eigenvalue weighted by Gasteiger charge is 2.39. The predicted molar refractivity (Wildman–Crippen MR) is 88.1 cm³/mol. The average molecular weight is 356 g/mol. The number of aliphatic hydroxyl groups excluding tert-OH is 1. The second-order valence-corrected chi connectivity index (χ2v) is 9.06. The van der Waals surface area contributed by atoms with Crippen molar-refractivity contribution in [1.82, 2.24) is 19.4 Å². The van der Waals surface area contributed by atoms with Crippen molar-refractivity contribution in [2.45, 2.75) is 31.8 Å². The quantitative estimate of drug-likeness (QED) is 0.764. The molecule has 134 valence electrons. The van der Waals surface area contributed by atoms with Gasteiger partial charge in [0.15, 0.2) is 5.69 Å². The average Bonchev–Trinajstić information content (AvgIpc) is 3.10. The Bertz CT molecular complexity index is 728. The van der Waals surface area contributed by atoms with Crippen LogP contribution < -0.4 is 0 Å². The third kappa shape index (κ3) is 3.20. The summed E-state index contributed by atoms with van der Waals surface area (Å²) in [5, 5.41) is 17.3. The van der Waals surface area contributed by atoms with Crippen LogP contribution in [0.15, 0.2) is 0 Å². The molecule has 8 nitrogen and oxygen atoms in total. The second-order valence-electron chi connectivity index (χ2n) is 6.83. The minimum Gasteiger partial charge on any atom is -0.391 e. The first-order valence-corrected chi connectivity index (χ1v) is 9.84. The zero-order chi connectivity index (χ0) is 17.5. The van der Waals surface area contributed by atoms with E-state index in [0.29, 0.717) is 5.69 Å². The summed E-state index contributed by atoms with van der Waals surface area (Å²) in [4.78, 5) is 14.3. The molecule has 1 fully saturated rings.